The van der Waals surface area contributed by atoms with Crippen LogP contribution in [-0.4, -0.2) is 30.3 Å². The van der Waals surface area contributed by atoms with Gasteiger partial charge < -0.3 is 15.2 Å². The molecule has 1 fully saturated rings. The molecule has 0 unspecified atom stereocenters. The lowest BCUT2D eigenvalue weighted by Gasteiger charge is -2.22. The zero-order chi connectivity index (χ0) is 14.5. The van der Waals surface area contributed by atoms with Gasteiger partial charge in [-0.1, -0.05) is 26.0 Å². The van der Waals surface area contributed by atoms with E-state index in [9.17, 15) is 4.79 Å². The summed E-state index contributed by atoms with van der Waals surface area (Å²) in [6, 6.07) is 7.02. The van der Waals surface area contributed by atoms with Crippen molar-refractivity contribution in [3.05, 3.63) is 35.4 Å². The van der Waals surface area contributed by atoms with Crippen molar-refractivity contribution in [2.24, 2.45) is 11.8 Å². The second kappa shape index (κ2) is 6.86. The van der Waals surface area contributed by atoms with Crippen LogP contribution in [0.1, 0.15) is 36.2 Å². The van der Waals surface area contributed by atoms with Crippen LogP contribution in [0.25, 0.3) is 0 Å². The first-order chi connectivity index (χ1) is 9.58. The van der Waals surface area contributed by atoms with Gasteiger partial charge in [0.2, 0.25) is 0 Å². The third-order valence-corrected chi connectivity index (χ3v) is 3.86. The highest BCUT2D eigenvalue weighted by Crippen LogP contribution is 2.26. The minimum Gasteiger partial charge on any atom is -0.478 e. The smallest absolute Gasteiger partial charge is 0.335 e. The van der Waals surface area contributed by atoms with Crippen molar-refractivity contribution in [2.45, 2.75) is 32.9 Å². The highest BCUT2D eigenvalue weighted by molar-refractivity contribution is 5.87. The Morgan fingerprint density at radius 3 is 2.70 bits per heavy atom. The molecule has 4 heteroatoms. The monoisotopic (exact) mass is 277 g/mol. The van der Waals surface area contributed by atoms with E-state index in [1.54, 1.807) is 12.1 Å². The maximum atomic E-state index is 10.8. The van der Waals surface area contributed by atoms with Crippen LogP contribution in [0.5, 0.6) is 0 Å². The molecule has 0 bridgehead atoms. The van der Waals surface area contributed by atoms with E-state index >= 15 is 0 Å². The number of carbonyl (C=O) groups is 1. The van der Waals surface area contributed by atoms with Crippen LogP contribution in [0.3, 0.4) is 0 Å². The molecule has 0 aromatic heterocycles. The average Bonchev–Trinajstić information content (AvgIpc) is 2.88. The molecule has 1 aromatic carbocycles. The molecule has 4 nitrogen and oxygen atoms in total. The maximum absolute atomic E-state index is 10.8. The van der Waals surface area contributed by atoms with Gasteiger partial charge in [0.05, 0.1) is 11.7 Å². The molecule has 110 valence electrons. The van der Waals surface area contributed by atoms with E-state index in [2.05, 4.69) is 19.2 Å². The van der Waals surface area contributed by atoms with Gasteiger partial charge in [-0.2, -0.15) is 0 Å². The molecule has 1 aliphatic heterocycles. The van der Waals surface area contributed by atoms with Crippen molar-refractivity contribution in [3.63, 3.8) is 0 Å². The van der Waals surface area contributed by atoms with Gasteiger partial charge in [0.1, 0.15) is 0 Å². The molecular weight excluding hydrogens is 254 g/mol. The summed E-state index contributed by atoms with van der Waals surface area (Å²) < 4.78 is 5.77. The minimum absolute atomic E-state index is 0.331. The number of aromatic carboxylic acids is 1. The predicted molar refractivity (Wildman–Crippen MR) is 77.8 cm³/mol. The zero-order valence-electron chi connectivity index (χ0n) is 12.1. The third-order valence-electron chi connectivity index (χ3n) is 3.86. The number of rotatable bonds is 6. The lowest BCUT2D eigenvalue weighted by molar-refractivity contribution is 0.0539. The van der Waals surface area contributed by atoms with Gasteiger partial charge in [0.15, 0.2) is 0 Å². The summed E-state index contributed by atoms with van der Waals surface area (Å²) in [6.45, 7) is 6.98. The number of ether oxygens (including phenoxy) is 1. The topological polar surface area (TPSA) is 58.6 Å². The van der Waals surface area contributed by atoms with Crippen molar-refractivity contribution in [1.29, 1.82) is 0 Å². The van der Waals surface area contributed by atoms with Gasteiger partial charge in [-0.05, 0) is 36.0 Å². The Hall–Kier alpha value is -1.39. The van der Waals surface area contributed by atoms with Gasteiger partial charge >= 0.3 is 5.97 Å². The van der Waals surface area contributed by atoms with Crippen molar-refractivity contribution < 1.29 is 14.6 Å². The highest BCUT2D eigenvalue weighted by atomic mass is 16.5. The van der Waals surface area contributed by atoms with Crippen LogP contribution in [-0.2, 0) is 11.3 Å². The molecule has 1 aromatic rings. The van der Waals surface area contributed by atoms with Gasteiger partial charge in [0, 0.05) is 19.7 Å². The third kappa shape index (κ3) is 3.81. The second-order valence-electron chi connectivity index (χ2n) is 5.76. The molecule has 0 radical (unpaired) electrons. The first-order valence-electron chi connectivity index (χ1n) is 7.22. The molecule has 2 atom stereocenters. The van der Waals surface area contributed by atoms with Crippen LogP contribution < -0.4 is 5.32 Å². The lowest BCUT2D eigenvalue weighted by atomic mass is 9.93. The summed E-state index contributed by atoms with van der Waals surface area (Å²) in [5, 5.41) is 12.3. The predicted octanol–water partition coefficient (Wildman–Crippen LogP) is 2.54. The number of benzene rings is 1. The lowest BCUT2D eigenvalue weighted by Crippen LogP contribution is -2.31. The van der Waals surface area contributed by atoms with E-state index in [4.69, 9.17) is 9.84 Å². The fourth-order valence-electron chi connectivity index (χ4n) is 2.78. The molecule has 0 amide bonds. The Morgan fingerprint density at radius 1 is 1.40 bits per heavy atom. The van der Waals surface area contributed by atoms with E-state index in [0.29, 0.717) is 23.5 Å². The van der Waals surface area contributed by atoms with E-state index < -0.39 is 5.97 Å². The molecule has 2 rings (SSSR count). The number of hydrogen-bond acceptors (Lipinski definition) is 3. The Kier molecular flexibility index (Phi) is 5.15. The molecule has 1 heterocycles. The van der Waals surface area contributed by atoms with Gasteiger partial charge in [-0.15, -0.1) is 0 Å². The Labute approximate surface area is 120 Å². The first-order valence-corrected chi connectivity index (χ1v) is 7.22. The molecule has 0 spiro atoms. The SMILES string of the molecule is CC(C)[C@H]1OCC[C@@H]1CNCc1ccc(C(=O)O)cc1. The summed E-state index contributed by atoms with van der Waals surface area (Å²) in [4.78, 5) is 10.8. The average molecular weight is 277 g/mol. The van der Waals surface area contributed by atoms with Crippen LogP contribution >= 0.6 is 0 Å². The standard InChI is InChI=1S/C16H23NO3/c1-11(2)15-14(7-8-20-15)10-17-9-12-3-5-13(6-4-12)16(18)19/h3-6,11,14-15,17H,7-10H2,1-2H3,(H,18,19)/t14-,15-/m1/s1. The Bertz CT molecular complexity index is 442. The summed E-state index contributed by atoms with van der Waals surface area (Å²) in [6.07, 6.45) is 1.48. The minimum atomic E-state index is -0.882. The fourth-order valence-corrected chi connectivity index (χ4v) is 2.78. The Balaban J connectivity index is 1.79. The molecular formula is C16H23NO3. The molecule has 0 aliphatic carbocycles. The quantitative estimate of drug-likeness (QED) is 0.839. The van der Waals surface area contributed by atoms with Gasteiger partial charge in [-0.3, -0.25) is 0 Å². The summed E-state index contributed by atoms with van der Waals surface area (Å²) in [5.41, 5.74) is 1.44. The van der Waals surface area contributed by atoms with Crippen molar-refractivity contribution in [2.75, 3.05) is 13.2 Å². The van der Waals surface area contributed by atoms with Crippen LogP contribution in [0, 0.1) is 11.8 Å². The van der Waals surface area contributed by atoms with Gasteiger partial charge in [0.25, 0.3) is 0 Å². The van der Waals surface area contributed by atoms with Gasteiger partial charge in [-0.25, -0.2) is 4.79 Å². The molecule has 1 aliphatic rings. The van der Waals surface area contributed by atoms with Crippen molar-refractivity contribution >= 4 is 5.97 Å². The number of nitrogens with one attached hydrogen (secondary N) is 1. The van der Waals surface area contributed by atoms with Crippen LogP contribution in [0.4, 0.5) is 0 Å². The van der Waals surface area contributed by atoms with Crippen LogP contribution in [0.15, 0.2) is 24.3 Å². The molecule has 0 saturated carbocycles. The number of carboxylic acid groups (broad SMARTS) is 1. The van der Waals surface area contributed by atoms with E-state index in [1.807, 2.05) is 12.1 Å². The fraction of sp³-hybridized carbons (Fsp3) is 0.562. The normalized spacial score (nSPS) is 22.4. The largest absolute Gasteiger partial charge is 0.478 e. The van der Waals surface area contributed by atoms with Crippen molar-refractivity contribution in [1.82, 2.24) is 5.32 Å². The molecule has 1 saturated heterocycles. The highest BCUT2D eigenvalue weighted by Gasteiger charge is 2.29. The Morgan fingerprint density at radius 2 is 2.10 bits per heavy atom. The number of carboxylic acids is 1. The van der Waals surface area contributed by atoms with Crippen molar-refractivity contribution in [3.8, 4) is 0 Å². The summed E-state index contributed by atoms with van der Waals surface area (Å²) in [7, 11) is 0. The summed E-state index contributed by atoms with van der Waals surface area (Å²) >= 11 is 0. The number of hydrogen-bond donors (Lipinski definition) is 2. The zero-order valence-corrected chi connectivity index (χ0v) is 12.1. The summed E-state index contributed by atoms with van der Waals surface area (Å²) in [5.74, 6) is 0.250. The molecule has 2 N–H and O–H groups in total. The molecule has 20 heavy (non-hydrogen) atoms. The van der Waals surface area contributed by atoms with Crippen LogP contribution in [0.2, 0.25) is 0 Å². The maximum Gasteiger partial charge on any atom is 0.335 e. The van der Waals surface area contributed by atoms with E-state index in [0.717, 1.165) is 31.7 Å². The second-order valence-corrected chi connectivity index (χ2v) is 5.76. The van der Waals surface area contributed by atoms with E-state index in [-0.39, 0.29) is 0 Å². The van der Waals surface area contributed by atoms with E-state index in [1.165, 1.54) is 0 Å². The first kappa shape index (κ1) is 15.0.